The zero-order valence-electron chi connectivity index (χ0n) is 19.0. The van der Waals surface area contributed by atoms with Crippen molar-refractivity contribution in [3.05, 3.63) is 46.3 Å². The van der Waals surface area contributed by atoms with Gasteiger partial charge in [-0.3, -0.25) is 9.89 Å². The smallest absolute Gasteiger partial charge is 0.191 e. The molecular weight excluding hydrogens is 535 g/mol. The maximum absolute atomic E-state index is 5.65. The molecule has 9 heteroatoms. The summed E-state index contributed by atoms with van der Waals surface area (Å²) >= 11 is 1.78. The highest BCUT2D eigenvalue weighted by Crippen LogP contribution is 2.17. The average Bonchev–Trinajstić information content (AvgIpc) is 3.31. The first kappa shape index (κ1) is 25.2. The Balaban J connectivity index is 0.00000289. The van der Waals surface area contributed by atoms with Gasteiger partial charge < -0.3 is 20.3 Å². The van der Waals surface area contributed by atoms with Crippen LogP contribution in [0.4, 0.5) is 5.82 Å². The van der Waals surface area contributed by atoms with Gasteiger partial charge in [-0.05, 0) is 59.9 Å². The zero-order chi connectivity index (χ0) is 21.5. The van der Waals surface area contributed by atoms with E-state index >= 15 is 0 Å². The molecule has 2 N–H and O–H groups in total. The standard InChI is InChI=1S/C23H34N6OS.HI/c1-18-15-29(10-11-30-18)22-13-19(3-7-25-22)14-26-23(24-2)27-21-4-8-28(9-5-21)16-20-6-12-31-17-20;/h3,6-7,12-13,17-18,21H,4-5,8-11,14-16H2,1-2H3,(H2,24,26,27);1H. The first-order valence-electron chi connectivity index (χ1n) is 11.2. The molecule has 1 atom stereocenters. The lowest BCUT2D eigenvalue weighted by Gasteiger charge is -2.33. The fourth-order valence-corrected chi connectivity index (χ4v) is 4.88. The summed E-state index contributed by atoms with van der Waals surface area (Å²) in [5, 5.41) is 11.5. The minimum atomic E-state index is 0. The molecule has 0 aliphatic carbocycles. The van der Waals surface area contributed by atoms with Crippen molar-refractivity contribution in [3.63, 3.8) is 0 Å². The third-order valence-corrected chi connectivity index (χ3v) is 6.71. The Hall–Kier alpha value is -1.43. The van der Waals surface area contributed by atoms with E-state index in [1.807, 2.05) is 13.2 Å². The van der Waals surface area contributed by atoms with Crippen molar-refractivity contribution in [3.8, 4) is 0 Å². The quantitative estimate of drug-likeness (QED) is 0.316. The van der Waals surface area contributed by atoms with Gasteiger partial charge in [0, 0.05) is 58.6 Å². The fraction of sp³-hybridized carbons (Fsp3) is 0.565. The van der Waals surface area contributed by atoms with Crippen LogP contribution in [-0.2, 0) is 17.8 Å². The van der Waals surface area contributed by atoms with Gasteiger partial charge in [0.2, 0.25) is 0 Å². The maximum atomic E-state index is 5.65. The number of guanidine groups is 1. The number of nitrogens with one attached hydrogen (secondary N) is 2. The van der Waals surface area contributed by atoms with Gasteiger partial charge in [-0.1, -0.05) is 0 Å². The van der Waals surface area contributed by atoms with E-state index in [0.717, 1.165) is 70.5 Å². The molecule has 0 radical (unpaired) electrons. The maximum Gasteiger partial charge on any atom is 0.191 e. The third kappa shape index (κ3) is 7.29. The van der Waals surface area contributed by atoms with E-state index < -0.39 is 0 Å². The molecule has 2 aromatic heterocycles. The summed E-state index contributed by atoms with van der Waals surface area (Å²) in [7, 11) is 1.84. The normalized spacial score (nSPS) is 20.6. The van der Waals surface area contributed by atoms with Crippen LogP contribution in [0.2, 0.25) is 0 Å². The van der Waals surface area contributed by atoms with Crippen molar-refractivity contribution in [2.75, 3.05) is 44.7 Å². The van der Waals surface area contributed by atoms with Gasteiger partial charge in [-0.25, -0.2) is 4.98 Å². The number of aliphatic imine (C=N–C) groups is 1. The molecule has 2 fully saturated rings. The van der Waals surface area contributed by atoms with E-state index in [4.69, 9.17) is 4.74 Å². The largest absolute Gasteiger partial charge is 0.375 e. The molecule has 0 bridgehead atoms. The number of rotatable bonds is 6. The molecule has 4 heterocycles. The minimum Gasteiger partial charge on any atom is -0.375 e. The van der Waals surface area contributed by atoms with Gasteiger partial charge in [-0.15, -0.1) is 24.0 Å². The van der Waals surface area contributed by atoms with Crippen LogP contribution in [-0.4, -0.2) is 67.8 Å². The summed E-state index contributed by atoms with van der Waals surface area (Å²) in [5.74, 6) is 1.89. The van der Waals surface area contributed by atoms with Crippen LogP contribution in [0.15, 0.2) is 40.1 Å². The number of pyridine rings is 1. The van der Waals surface area contributed by atoms with E-state index in [2.05, 4.69) is 66.3 Å². The summed E-state index contributed by atoms with van der Waals surface area (Å²) in [6.07, 6.45) is 4.42. The molecule has 2 aromatic rings. The van der Waals surface area contributed by atoms with Gasteiger partial charge in [-0.2, -0.15) is 11.3 Å². The van der Waals surface area contributed by atoms with Gasteiger partial charge in [0.1, 0.15) is 5.82 Å². The highest BCUT2D eigenvalue weighted by molar-refractivity contribution is 14.0. The van der Waals surface area contributed by atoms with Crippen molar-refractivity contribution in [2.24, 2.45) is 4.99 Å². The van der Waals surface area contributed by atoms with Gasteiger partial charge in [0.25, 0.3) is 0 Å². The number of morpholine rings is 1. The van der Waals surface area contributed by atoms with Crippen LogP contribution in [0.1, 0.15) is 30.9 Å². The Morgan fingerprint density at radius 3 is 2.81 bits per heavy atom. The van der Waals surface area contributed by atoms with Crippen LogP contribution in [0.3, 0.4) is 0 Å². The second kappa shape index (κ2) is 12.7. The van der Waals surface area contributed by atoms with Crippen LogP contribution in [0.25, 0.3) is 0 Å². The first-order chi connectivity index (χ1) is 15.2. The highest BCUT2D eigenvalue weighted by atomic mass is 127. The number of anilines is 1. The summed E-state index contributed by atoms with van der Waals surface area (Å²) < 4.78 is 5.65. The van der Waals surface area contributed by atoms with Gasteiger partial charge >= 0.3 is 0 Å². The topological polar surface area (TPSA) is 65.0 Å². The van der Waals surface area contributed by atoms with E-state index in [9.17, 15) is 0 Å². The highest BCUT2D eigenvalue weighted by Gasteiger charge is 2.21. The number of likely N-dealkylation sites (tertiary alicyclic amines) is 1. The van der Waals surface area contributed by atoms with Crippen molar-refractivity contribution < 1.29 is 4.74 Å². The average molecular weight is 571 g/mol. The van der Waals surface area contributed by atoms with Crippen molar-refractivity contribution in [1.82, 2.24) is 20.5 Å². The van der Waals surface area contributed by atoms with Crippen LogP contribution in [0, 0.1) is 0 Å². The number of nitrogens with zero attached hydrogens (tertiary/aromatic N) is 4. The molecule has 32 heavy (non-hydrogen) atoms. The van der Waals surface area contributed by atoms with Crippen molar-refractivity contribution in [2.45, 2.75) is 45.0 Å². The lowest BCUT2D eigenvalue weighted by molar-refractivity contribution is 0.0529. The second-order valence-corrected chi connectivity index (χ2v) is 9.18. The molecule has 0 aromatic carbocycles. The zero-order valence-corrected chi connectivity index (χ0v) is 22.1. The van der Waals surface area contributed by atoms with Crippen LogP contribution in [0.5, 0.6) is 0 Å². The second-order valence-electron chi connectivity index (χ2n) is 8.40. The monoisotopic (exact) mass is 570 g/mol. The number of thiophene rings is 1. The van der Waals surface area contributed by atoms with Gasteiger partial charge in [0.15, 0.2) is 5.96 Å². The SMILES string of the molecule is CN=C(NCc1ccnc(N2CCOC(C)C2)c1)NC1CCN(Cc2ccsc2)CC1.I. The van der Waals surface area contributed by atoms with Crippen molar-refractivity contribution in [1.29, 1.82) is 0 Å². The molecule has 0 saturated carbocycles. The molecule has 0 amide bonds. The Morgan fingerprint density at radius 1 is 1.25 bits per heavy atom. The summed E-state index contributed by atoms with van der Waals surface area (Å²) in [4.78, 5) is 13.8. The number of halogens is 1. The molecule has 2 aliphatic heterocycles. The molecule has 2 aliphatic rings. The number of hydrogen-bond donors (Lipinski definition) is 2. The number of hydrogen-bond acceptors (Lipinski definition) is 6. The number of piperidine rings is 1. The van der Waals surface area contributed by atoms with Crippen LogP contribution >= 0.6 is 35.3 Å². The van der Waals surface area contributed by atoms with E-state index in [1.165, 1.54) is 11.1 Å². The number of aromatic nitrogens is 1. The summed E-state index contributed by atoms with van der Waals surface area (Å²) in [6, 6.07) is 6.93. The summed E-state index contributed by atoms with van der Waals surface area (Å²) in [5.41, 5.74) is 2.63. The molecule has 176 valence electrons. The van der Waals surface area contributed by atoms with E-state index in [-0.39, 0.29) is 30.1 Å². The molecule has 7 nitrogen and oxygen atoms in total. The Labute approximate surface area is 212 Å². The Bertz CT molecular complexity index is 841. The molecular formula is C23H35IN6OS. The van der Waals surface area contributed by atoms with Gasteiger partial charge in [0.05, 0.1) is 12.7 Å². The Morgan fingerprint density at radius 2 is 2.09 bits per heavy atom. The Kier molecular flexibility index (Phi) is 10.0. The predicted molar refractivity (Wildman–Crippen MR) is 143 cm³/mol. The lowest BCUT2D eigenvalue weighted by atomic mass is 10.0. The number of ether oxygens (including phenoxy) is 1. The summed E-state index contributed by atoms with van der Waals surface area (Å²) in [6.45, 7) is 8.68. The van der Waals surface area contributed by atoms with Crippen molar-refractivity contribution >= 4 is 47.1 Å². The first-order valence-corrected chi connectivity index (χ1v) is 12.2. The fourth-order valence-electron chi connectivity index (χ4n) is 4.22. The van der Waals surface area contributed by atoms with Crippen LogP contribution < -0.4 is 15.5 Å². The molecule has 2 saturated heterocycles. The molecule has 4 rings (SSSR count). The third-order valence-electron chi connectivity index (χ3n) is 5.97. The molecule has 1 unspecified atom stereocenters. The van der Waals surface area contributed by atoms with E-state index in [0.29, 0.717) is 6.04 Å². The lowest BCUT2D eigenvalue weighted by Crippen LogP contribution is -2.48. The van der Waals surface area contributed by atoms with E-state index in [1.54, 1.807) is 11.3 Å². The minimum absolute atomic E-state index is 0. The molecule has 0 spiro atoms. The predicted octanol–water partition coefficient (Wildman–Crippen LogP) is 3.32.